The first-order valence-electron chi connectivity index (χ1n) is 4.94. The van der Waals surface area contributed by atoms with E-state index in [4.69, 9.17) is 4.74 Å². The molecule has 0 bridgehead atoms. The number of fused-ring (bicyclic) bond motifs is 1. The molecule has 0 atom stereocenters. The largest absolute Gasteiger partial charge is 0.489 e. The predicted octanol–water partition coefficient (Wildman–Crippen LogP) is 3.21. The van der Waals surface area contributed by atoms with Gasteiger partial charge in [0.05, 0.1) is 0 Å². The molecule has 72 valence electrons. The first-order valence-corrected chi connectivity index (χ1v) is 4.94. The molecule has 0 unspecified atom stereocenters. The summed E-state index contributed by atoms with van der Waals surface area (Å²) in [6.07, 6.45) is 9.36. The van der Waals surface area contributed by atoms with Gasteiger partial charge in [0.1, 0.15) is 12.4 Å². The zero-order valence-corrected chi connectivity index (χ0v) is 8.36. The molecular weight excluding hydrogens is 172 g/mol. The third-order valence-electron chi connectivity index (χ3n) is 2.35. The Bertz CT molecular complexity index is 375. The molecule has 0 N–H and O–H groups in total. The lowest BCUT2D eigenvalue weighted by atomic mass is 10.1. The van der Waals surface area contributed by atoms with Crippen LogP contribution in [0.5, 0.6) is 5.75 Å². The summed E-state index contributed by atoms with van der Waals surface area (Å²) >= 11 is 0. The smallest absolute Gasteiger partial charge is 0.127 e. The van der Waals surface area contributed by atoms with Gasteiger partial charge in [0.2, 0.25) is 0 Å². The molecule has 1 heteroatoms. The molecule has 0 saturated carbocycles. The summed E-state index contributed by atoms with van der Waals surface area (Å²) in [5, 5.41) is 0. The van der Waals surface area contributed by atoms with Crippen LogP contribution in [-0.2, 0) is 6.42 Å². The Kier molecular flexibility index (Phi) is 2.68. The lowest BCUT2D eigenvalue weighted by Crippen LogP contribution is -1.96. The van der Waals surface area contributed by atoms with Gasteiger partial charge in [0.25, 0.3) is 0 Å². The zero-order valence-electron chi connectivity index (χ0n) is 8.36. The fourth-order valence-electron chi connectivity index (χ4n) is 1.62. The van der Waals surface area contributed by atoms with E-state index in [1.807, 2.05) is 25.1 Å². The van der Waals surface area contributed by atoms with Gasteiger partial charge in [-0.1, -0.05) is 36.4 Å². The molecule has 0 heterocycles. The molecule has 14 heavy (non-hydrogen) atoms. The van der Waals surface area contributed by atoms with Crippen molar-refractivity contribution in [1.82, 2.24) is 0 Å². The van der Waals surface area contributed by atoms with Crippen LogP contribution < -0.4 is 4.74 Å². The van der Waals surface area contributed by atoms with Crippen molar-refractivity contribution in [3.8, 4) is 5.75 Å². The van der Waals surface area contributed by atoms with Crippen LogP contribution in [0.4, 0.5) is 0 Å². The second-order valence-electron chi connectivity index (χ2n) is 3.32. The molecule has 0 spiro atoms. The maximum absolute atomic E-state index is 5.65. The molecule has 0 amide bonds. The average molecular weight is 186 g/mol. The number of hydrogen-bond acceptors (Lipinski definition) is 1. The Balaban J connectivity index is 2.17. The highest BCUT2D eigenvalue weighted by Gasteiger charge is 2.09. The highest BCUT2D eigenvalue weighted by Crippen LogP contribution is 2.28. The van der Waals surface area contributed by atoms with E-state index in [0.717, 1.165) is 12.2 Å². The SMILES string of the molecule is C/C=C\COc1cccc2c1C=CC2. The quantitative estimate of drug-likeness (QED) is 0.659. The predicted molar refractivity (Wildman–Crippen MR) is 59.5 cm³/mol. The van der Waals surface area contributed by atoms with Gasteiger partial charge in [-0.25, -0.2) is 0 Å². The highest BCUT2D eigenvalue weighted by molar-refractivity contribution is 5.66. The van der Waals surface area contributed by atoms with Crippen LogP contribution in [0.2, 0.25) is 0 Å². The van der Waals surface area contributed by atoms with Crippen LogP contribution in [0.3, 0.4) is 0 Å². The van der Waals surface area contributed by atoms with E-state index in [1.165, 1.54) is 11.1 Å². The van der Waals surface area contributed by atoms with Gasteiger partial charge in [-0.05, 0) is 25.0 Å². The van der Waals surface area contributed by atoms with Crippen molar-refractivity contribution in [3.63, 3.8) is 0 Å². The lowest BCUT2D eigenvalue weighted by molar-refractivity contribution is 0.362. The minimum Gasteiger partial charge on any atom is -0.489 e. The summed E-state index contributed by atoms with van der Waals surface area (Å²) in [5.41, 5.74) is 2.61. The second kappa shape index (κ2) is 4.14. The maximum atomic E-state index is 5.65. The van der Waals surface area contributed by atoms with Crippen LogP contribution in [0.15, 0.2) is 36.4 Å². The monoisotopic (exact) mass is 186 g/mol. The maximum Gasteiger partial charge on any atom is 0.127 e. The number of benzene rings is 1. The molecular formula is C13H14O. The summed E-state index contributed by atoms with van der Waals surface area (Å²) in [6, 6.07) is 6.23. The Hall–Kier alpha value is -1.50. The van der Waals surface area contributed by atoms with Gasteiger partial charge in [-0.2, -0.15) is 0 Å². The number of hydrogen-bond donors (Lipinski definition) is 0. The van der Waals surface area contributed by atoms with E-state index < -0.39 is 0 Å². The molecule has 0 fully saturated rings. The van der Waals surface area contributed by atoms with Crippen molar-refractivity contribution in [2.45, 2.75) is 13.3 Å². The van der Waals surface area contributed by atoms with Crippen LogP contribution >= 0.6 is 0 Å². The van der Waals surface area contributed by atoms with E-state index >= 15 is 0 Å². The Morgan fingerprint density at radius 3 is 3.21 bits per heavy atom. The van der Waals surface area contributed by atoms with E-state index in [9.17, 15) is 0 Å². The van der Waals surface area contributed by atoms with Crippen molar-refractivity contribution in [2.75, 3.05) is 6.61 Å². The van der Waals surface area contributed by atoms with Gasteiger partial charge in [0, 0.05) is 5.56 Å². The van der Waals surface area contributed by atoms with Crippen LogP contribution in [0.25, 0.3) is 6.08 Å². The average Bonchev–Trinajstić information content (AvgIpc) is 2.67. The number of ether oxygens (including phenoxy) is 1. The van der Waals surface area contributed by atoms with E-state index in [-0.39, 0.29) is 0 Å². The zero-order chi connectivity index (χ0) is 9.80. The first kappa shape index (κ1) is 9.07. The van der Waals surface area contributed by atoms with Gasteiger partial charge in [-0.15, -0.1) is 0 Å². The third-order valence-corrected chi connectivity index (χ3v) is 2.35. The molecule has 1 aromatic rings. The van der Waals surface area contributed by atoms with Crippen molar-refractivity contribution in [2.24, 2.45) is 0 Å². The molecule has 1 aliphatic carbocycles. The molecule has 0 aromatic heterocycles. The summed E-state index contributed by atoms with van der Waals surface area (Å²) in [5.74, 6) is 0.995. The van der Waals surface area contributed by atoms with E-state index in [1.54, 1.807) is 0 Å². The van der Waals surface area contributed by atoms with Crippen molar-refractivity contribution >= 4 is 6.08 Å². The van der Waals surface area contributed by atoms with Crippen molar-refractivity contribution in [1.29, 1.82) is 0 Å². The van der Waals surface area contributed by atoms with Gasteiger partial charge < -0.3 is 4.74 Å². The topological polar surface area (TPSA) is 9.23 Å². The molecule has 0 aliphatic heterocycles. The Morgan fingerprint density at radius 1 is 1.43 bits per heavy atom. The minimum absolute atomic E-state index is 0.654. The molecule has 0 radical (unpaired) electrons. The van der Waals surface area contributed by atoms with E-state index in [2.05, 4.69) is 24.3 Å². The van der Waals surface area contributed by atoms with Crippen LogP contribution in [0.1, 0.15) is 18.1 Å². The normalized spacial score (nSPS) is 13.5. The van der Waals surface area contributed by atoms with Crippen LogP contribution in [0, 0.1) is 0 Å². The molecule has 1 aromatic carbocycles. The summed E-state index contributed by atoms with van der Waals surface area (Å²) in [4.78, 5) is 0. The molecule has 2 rings (SSSR count). The van der Waals surface area contributed by atoms with Gasteiger partial charge in [0.15, 0.2) is 0 Å². The number of rotatable bonds is 3. The highest BCUT2D eigenvalue weighted by atomic mass is 16.5. The lowest BCUT2D eigenvalue weighted by Gasteiger charge is -2.07. The van der Waals surface area contributed by atoms with Crippen LogP contribution in [-0.4, -0.2) is 6.61 Å². The second-order valence-corrected chi connectivity index (χ2v) is 3.32. The summed E-state index contributed by atoms with van der Waals surface area (Å²) < 4.78 is 5.65. The fourth-order valence-corrected chi connectivity index (χ4v) is 1.62. The molecule has 1 nitrogen and oxygen atoms in total. The summed E-state index contributed by atoms with van der Waals surface area (Å²) in [7, 11) is 0. The van der Waals surface area contributed by atoms with Crippen molar-refractivity contribution in [3.05, 3.63) is 47.6 Å². The standard InChI is InChI=1S/C13H14O/c1-2-3-10-14-13-9-5-7-11-6-4-8-12(11)13/h2-5,7-9H,6,10H2,1H3/b3-2-. The minimum atomic E-state index is 0.654. The Labute approximate surface area is 84.7 Å². The van der Waals surface area contributed by atoms with Crippen molar-refractivity contribution < 1.29 is 4.74 Å². The Morgan fingerprint density at radius 2 is 2.36 bits per heavy atom. The van der Waals surface area contributed by atoms with Gasteiger partial charge >= 0.3 is 0 Å². The summed E-state index contributed by atoms with van der Waals surface area (Å²) in [6.45, 7) is 2.65. The fraction of sp³-hybridized carbons (Fsp3) is 0.231. The van der Waals surface area contributed by atoms with E-state index in [0.29, 0.717) is 6.61 Å². The molecule has 1 aliphatic rings. The number of allylic oxidation sites excluding steroid dienone is 2. The van der Waals surface area contributed by atoms with Gasteiger partial charge in [-0.3, -0.25) is 0 Å². The first-order chi connectivity index (χ1) is 6.92. The third kappa shape index (κ3) is 1.72. The molecule has 0 saturated heterocycles.